The number of piperidine rings is 1. The highest BCUT2D eigenvalue weighted by atomic mass is 16.5. The molecule has 1 aliphatic carbocycles. The van der Waals surface area contributed by atoms with Crippen molar-refractivity contribution in [2.24, 2.45) is 5.41 Å². The van der Waals surface area contributed by atoms with Crippen molar-refractivity contribution in [3.8, 4) is 0 Å². The Labute approximate surface area is 143 Å². The molecule has 0 aromatic carbocycles. The minimum atomic E-state index is -0.284. The minimum absolute atomic E-state index is 0.131. The van der Waals surface area contributed by atoms with Crippen molar-refractivity contribution in [3.63, 3.8) is 0 Å². The van der Waals surface area contributed by atoms with Crippen LogP contribution >= 0.6 is 0 Å². The fourth-order valence-electron chi connectivity index (χ4n) is 4.24. The van der Waals surface area contributed by atoms with E-state index in [4.69, 9.17) is 9.26 Å². The van der Waals surface area contributed by atoms with Gasteiger partial charge in [0.05, 0.1) is 17.9 Å². The monoisotopic (exact) mass is 336 g/mol. The van der Waals surface area contributed by atoms with Crippen LogP contribution in [0.15, 0.2) is 4.52 Å². The van der Waals surface area contributed by atoms with Gasteiger partial charge in [-0.15, -0.1) is 0 Å². The van der Waals surface area contributed by atoms with E-state index in [2.05, 4.69) is 5.16 Å². The topological polar surface area (TPSA) is 75.8 Å². The number of hydrogen-bond acceptors (Lipinski definition) is 5. The lowest BCUT2D eigenvalue weighted by molar-refractivity contribution is -0.210. The van der Waals surface area contributed by atoms with Gasteiger partial charge in [-0.25, -0.2) is 0 Å². The van der Waals surface area contributed by atoms with E-state index in [1.165, 1.54) is 0 Å². The van der Waals surface area contributed by atoms with Crippen LogP contribution in [0.5, 0.6) is 0 Å². The summed E-state index contributed by atoms with van der Waals surface area (Å²) in [7, 11) is 0. The highest BCUT2D eigenvalue weighted by Gasteiger charge is 2.56. The molecular formula is C18H28N2O4. The van der Waals surface area contributed by atoms with Gasteiger partial charge in [-0.05, 0) is 40.0 Å². The molecule has 6 nitrogen and oxygen atoms in total. The van der Waals surface area contributed by atoms with Crippen LogP contribution in [0, 0.1) is 19.3 Å². The molecule has 2 atom stereocenters. The summed E-state index contributed by atoms with van der Waals surface area (Å²) in [6.45, 7) is 7.89. The third kappa shape index (κ3) is 2.97. The van der Waals surface area contributed by atoms with Crippen LogP contribution < -0.4 is 0 Å². The number of rotatable bonds is 5. The lowest BCUT2D eigenvalue weighted by Crippen LogP contribution is -2.62. The Kier molecular flexibility index (Phi) is 4.97. The fraction of sp³-hybridized carbons (Fsp3) is 0.778. The molecule has 1 N–H and O–H groups in total. The first-order chi connectivity index (χ1) is 11.5. The maximum Gasteiger partial charge on any atom is 0.222 e. The Morgan fingerprint density at radius 1 is 1.42 bits per heavy atom. The van der Waals surface area contributed by atoms with Crippen molar-refractivity contribution in [2.45, 2.75) is 65.1 Å². The number of likely N-dealkylation sites (tertiary alicyclic amines) is 1. The van der Waals surface area contributed by atoms with Crippen LogP contribution in [0.25, 0.3) is 0 Å². The number of aliphatic hydroxyl groups is 1. The Morgan fingerprint density at radius 3 is 2.67 bits per heavy atom. The second-order valence-corrected chi connectivity index (χ2v) is 7.11. The summed E-state index contributed by atoms with van der Waals surface area (Å²) >= 11 is 0. The second kappa shape index (κ2) is 6.84. The first-order valence-corrected chi connectivity index (χ1v) is 8.97. The van der Waals surface area contributed by atoms with E-state index in [1.807, 2.05) is 25.7 Å². The van der Waals surface area contributed by atoms with Gasteiger partial charge in [0.1, 0.15) is 5.76 Å². The molecule has 1 aromatic heterocycles. The van der Waals surface area contributed by atoms with Crippen LogP contribution in [-0.2, 0) is 16.0 Å². The molecule has 1 amide bonds. The van der Waals surface area contributed by atoms with Crippen molar-refractivity contribution in [1.82, 2.24) is 10.1 Å². The second-order valence-electron chi connectivity index (χ2n) is 7.11. The highest BCUT2D eigenvalue weighted by molar-refractivity contribution is 5.76. The van der Waals surface area contributed by atoms with Gasteiger partial charge in [0, 0.05) is 43.5 Å². The van der Waals surface area contributed by atoms with Gasteiger partial charge < -0.3 is 19.3 Å². The molecule has 3 rings (SSSR count). The summed E-state index contributed by atoms with van der Waals surface area (Å²) < 4.78 is 10.9. The molecule has 2 fully saturated rings. The number of aromatic nitrogens is 1. The molecule has 24 heavy (non-hydrogen) atoms. The summed E-state index contributed by atoms with van der Waals surface area (Å²) in [5, 5.41) is 14.2. The van der Waals surface area contributed by atoms with Crippen LogP contribution in [0.4, 0.5) is 0 Å². The number of amides is 1. The van der Waals surface area contributed by atoms with Crippen molar-refractivity contribution in [1.29, 1.82) is 0 Å². The van der Waals surface area contributed by atoms with E-state index < -0.39 is 0 Å². The number of nitrogens with zero attached hydrogens (tertiary/aromatic N) is 2. The van der Waals surface area contributed by atoms with E-state index in [0.717, 1.165) is 36.3 Å². The van der Waals surface area contributed by atoms with Crippen molar-refractivity contribution < 1.29 is 19.2 Å². The molecule has 0 bridgehead atoms. The van der Waals surface area contributed by atoms with E-state index in [9.17, 15) is 9.90 Å². The summed E-state index contributed by atoms with van der Waals surface area (Å²) in [5.74, 6) is 0.974. The minimum Gasteiger partial charge on any atom is -0.392 e. The lowest BCUT2D eigenvalue weighted by atomic mass is 9.58. The number of ether oxygens (including phenoxy) is 1. The molecule has 1 aliphatic heterocycles. The maximum atomic E-state index is 12.5. The number of aliphatic hydroxyl groups excluding tert-OH is 1. The molecule has 0 unspecified atom stereocenters. The van der Waals surface area contributed by atoms with Gasteiger partial charge in [-0.2, -0.15) is 0 Å². The Bertz CT molecular complexity index is 568. The van der Waals surface area contributed by atoms with Crippen LogP contribution in [-0.4, -0.2) is 53.0 Å². The Balaban J connectivity index is 1.52. The van der Waals surface area contributed by atoms with Crippen molar-refractivity contribution in [2.75, 3.05) is 19.7 Å². The number of carbonyl (C=O) groups excluding carboxylic acids is 1. The zero-order valence-electron chi connectivity index (χ0n) is 14.9. The van der Waals surface area contributed by atoms with Crippen LogP contribution in [0.2, 0.25) is 0 Å². The van der Waals surface area contributed by atoms with Gasteiger partial charge in [-0.3, -0.25) is 4.79 Å². The smallest absolute Gasteiger partial charge is 0.222 e. The first-order valence-electron chi connectivity index (χ1n) is 8.97. The van der Waals surface area contributed by atoms with Gasteiger partial charge in [-0.1, -0.05) is 5.16 Å². The van der Waals surface area contributed by atoms with E-state index in [-0.39, 0.29) is 23.5 Å². The SMILES string of the molecule is CCO[C@H]1C[C@@H](O)C12CCN(C(=O)CCc1c(C)noc1C)CC2. The predicted octanol–water partition coefficient (Wildman–Crippen LogP) is 2.00. The molecule has 1 saturated carbocycles. The standard InChI is InChI=1S/C18H28N2O4/c1-4-23-16-11-15(21)18(16)7-9-20(10-8-18)17(22)6-5-14-12(2)19-24-13(14)3/h15-16,21H,4-11H2,1-3H3/t15-,16+/m1/s1. The lowest BCUT2D eigenvalue weighted by Gasteiger charge is -2.56. The number of carbonyl (C=O) groups is 1. The van der Waals surface area contributed by atoms with Crippen LogP contribution in [0.1, 0.15) is 49.6 Å². The van der Waals surface area contributed by atoms with Gasteiger partial charge in [0.25, 0.3) is 0 Å². The summed E-state index contributed by atoms with van der Waals surface area (Å²) in [5.41, 5.74) is 1.78. The molecule has 134 valence electrons. The van der Waals surface area contributed by atoms with E-state index in [0.29, 0.717) is 32.5 Å². The van der Waals surface area contributed by atoms with Crippen molar-refractivity contribution >= 4 is 5.91 Å². The Morgan fingerprint density at radius 2 is 2.12 bits per heavy atom. The molecule has 6 heteroatoms. The average molecular weight is 336 g/mol. The maximum absolute atomic E-state index is 12.5. The molecule has 1 aromatic rings. The molecule has 2 heterocycles. The van der Waals surface area contributed by atoms with Gasteiger partial charge >= 0.3 is 0 Å². The predicted molar refractivity (Wildman–Crippen MR) is 88.6 cm³/mol. The summed E-state index contributed by atoms with van der Waals surface area (Å²) in [6.07, 6.45) is 3.41. The zero-order chi connectivity index (χ0) is 17.3. The summed E-state index contributed by atoms with van der Waals surface area (Å²) in [4.78, 5) is 14.4. The van der Waals surface area contributed by atoms with Crippen molar-refractivity contribution in [3.05, 3.63) is 17.0 Å². The van der Waals surface area contributed by atoms with E-state index in [1.54, 1.807) is 0 Å². The zero-order valence-corrected chi connectivity index (χ0v) is 14.9. The van der Waals surface area contributed by atoms with Gasteiger partial charge in [0.15, 0.2) is 0 Å². The molecule has 1 spiro atoms. The molecular weight excluding hydrogens is 308 g/mol. The number of aryl methyl sites for hydroxylation is 2. The number of hydrogen-bond donors (Lipinski definition) is 1. The quantitative estimate of drug-likeness (QED) is 0.890. The normalized spacial score (nSPS) is 25.8. The third-order valence-corrected chi connectivity index (χ3v) is 5.93. The molecule has 2 aliphatic rings. The fourth-order valence-corrected chi connectivity index (χ4v) is 4.24. The Hall–Kier alpha value is -1.40. The van der Waals surface area contributed by atoms with Crippen LogP contribution in [0.3, 0.4) is 0 Å². The average Bonchev–Trinajstić information content (AvgIpc) is 2.91. The van der Waals surface area contributed by atoms with E-state index >= 15 is 0 Å². The highest BCUT2D eigenvalue weighted by Crippen LogP contribution is 2.50. The molecule has 1 saturated heterocycles. The summed E-state index contributed by atoms with van der Waals surface area (Å²) in [6, 6.07) is 0. The first kappa shape index (κ1) is 17.4. The largest absolute Gasteiger partial charge is 0.392 e. The van der Waals surface area contributed by atoms with Gasteiger partial charge in [0.2, 0.25) is 5.91 Å². The molecule has 0 radical (unpaired) electrons. The third-order valence-electron chi connectivity index (χ3n) is 5.93.